The van der Waals surface area contributed by atoms with Crippen LogP contribution in [0.1, 0.15) is 55.8 Å². The van der Waals surface area contributed by atoms with Gasteiger partial charge in [0.15, 0.2) is 0 Å². The van der Waals surface area contributed by atoms with Gasteiger partial charge in [-0.3, -0.25) is 9.59 Å². The Hall–Kier alpha value is -2.04. The molecule has 1 heterocycles. The number of carbonyl (C=O) groups excluding carboxylic acids is 2. The molecule has 3 rings (SSSR count). The smallest absolute Gasteiger partial charge is 0.251 e. The Bertz CT molecular complexity index is 595. The predicted octanol–water partition coefficient (Wildman–Crippen LogP) is 3.00. The van der Waals surface area contributed by atoms with Gasteiger partial charge in [0.05, 0.1) is 6.61 Å². The summed E-state index contributed by atoms with van der Waals surface area (Å²) < 4.78 is 5.89. The lowest BCUT2D eigenvalue weighted by Gasteiger charge is -2.32. The highest BCUT2D eigenvalue weighted by molar-refractivity contribution is 5.94. The van der Waals surface area contributed by atoms with Gasteiger partial charge in [0, 0.05) is 37.0 Å². The van der Waals surface area contributed by atoms with Gasteiger partial charge in [-0.25, -0.2) is 0 Å². The van der Waals surface area contributed by atoms with Gasteiger partial charge in [-0.2, -0.15) is 0 Å². The zero-order valence-electron chi connectivity index (χ0n) is 15.0. The van der Waals surface area contributed by atoms with Gasteiger partial charge in [-0.15, -0.1) is 0 Å². The minimum atomic E-state index is -0.00795. The molecule has 1 aromatic carbocycles. The molecule has 1 saturated carbocycles. The van der Waals surface area contributed by atoms with Crippen molar-refractivity contribution in [2.24, 2.45) is 5.92 Å². The molecule has 0 bridgehead atoms. The quantitative estimate of drug-likeness (QED) is 0.827. The first-order valence-electron chi connectivity index (χ1n) is 9.47. The number of piperidine rings is 1. The Kier molecular flexibility index (Phi) is 5.95. The summed E-state index contributed by atoms with van der Waals surface area (Å²) in [7, 11) is 0. The lowest BCUT2D eigenvalue weighted by Crippen LogP contribution is -2.41. The fraction of sp³-hybridized carbons (Fsp3) is 0.600. The zero-order valence-corrected chi connectivity index (χ0v) is 15.0. The number of hydrogen-bond acceptors (Lipinski definition) is 3. The number of carbonyl (C=O) groups is 2. The zero-order chi connectivity index (χ0) is 17.6. The molecule has 2 amide bonds. The van der Waals surface area contributed by atoms with Gasteiger partial charge in [-0.1, -0.05) is 6.92 Å². The second-order valence-corrected chi connectivity index (χ2v) is 7.18. The normalized spacial score (nSPS) is 20.2. The largest absolute Gasteiger partial charge is 0.493 e. The molecule has 0 unspecified atom stereocenters. The van der Waals surface area contributed by atoms with Crippen LogP contribution < -0.4 is 10.1 Å². The number of amides is 2. The van der Waals surface area contributed by atoms with E-state index in [1.807, 2.05) is 36.1 Å². The SMILES string of the molecule is CCCC(=O)N1CCC[C@@H](COc2ccc(C(=O)NC3CC3)cc2)C1. The minimum Gasteiger partial charge on any atom is -0.493 e. The van der Waals surface area contributed by atoms with Crippen molar-refractivity contribution in [3.05, 3.63) is 29.8 Å². The van der Waals surface area contributed by atoms with Crippen molar-refractivity contribution in [2.45, 2.75) is 51.5 Å². The molecule has 2 aliphatic rings. The van der Waals surface area contributed by atoms with Gasteiger partial charge >= 0.3 is 0 Å². The maximum absolute atomic E-state index is 12.0. The number of nitrogens with one attached hydrogen (secondary N) is 1. The Morgan fingerprint density at radius 3 is 2.64 bits per heavy atom. The molecule has 136 valence electrons. The second-order valence-electron chi connectivity index (χ2n) is 7.18. The molecule has 0 spiro atoms. The Morgan fingerprint density at radius 2 is 1.96 bits per heavy atom. The van der Waals surface area contributed by atoms with E-state index in [2.05, 4.69) is 5.32 Å². The predicted molar refractivity (Wildman–Crippen MR) is 96.6 cm³/mol. The average molecular weight is 344 g/mol. The number of rotatable bonds is 7. The summed E-state index contributed by atoms with van der Waals surface area (Å²) in [5.41, 5.74) is 0.674. The third kappa shape index (κ3) is 5.21. The van der Waals surface area contributed by atoms with E-state index in [0.717, 1.165) is 50.9 Å². The first kappa shape index (κ1) is 17.8. The first-order valence-corrected chi connectivity index (χ1v) is 9.47. The number of nitrogens with zero attached hydrogens (tertiary/aromatic N) is 1. The maximum Gasteiger partial charge on any atom is 0.251 e. The number of likely N-dealkylation sites (tertiary alicyclic amines) is 1. The summed E-state index contributed by atoms with van der Waals surface area (Å²) in [5.74, 6) is 1.41. The molecule has 1 atom stereocenters. The van der Waals surface area contributed by atoms with Crippen molar-refractivity contribution in [3.8, 4) is 5.75 Å². The first-order chi connectivity index (χ1) is 12.2. The van der Waals surface area contributed by atoms with E-state index < -0.39 is 0 Å². The topological polar surface area (TPSA) is 58.6 Å². The van der Waals surface area contributed by atoms with Crippen LogP contribution in [0.5, 0.6) is 5.75 Å². The summed E-state index contributed by atoms with van der Waals surface area (Å²) in [6, 6.07) is 7.69. The lowest BCUT2D eigenvalue weighted by atomic mass is 9.98. The third-order valence-corrected chi connectivity index (χ3v) is 4.85. The van der Waals surface area contributed by atoms with E-state index in [-0.39, 0.29) is 11.8 Å². The van der Waals surface area contributed by atoms with Gasteiger partial charge in [-0.05, 0) is 56.4 Å². The van der Waals surface area contributed by atoms with Gasteiger partial charge in [0.2, 0.25) is 5.91 Å². The van der Waals surface area contributed by atoms with Crippen molar-refractivity contribution < 1.29 is 14.3 Å². The van der Waals surface area contributed by atoms with Crippen LogP contribution in [0.4, 0.5) is 0 Å². The van der Waals surface area contributed by atoms with Crippen LogP contribution >= 0.6 is 0 Å². The molecule has 1 aliphatic carbocycles. The highest BCUT2D eigenvalue weighted by atomic mass is 16.5. The van der Waals surface area contributed by atoms with Crippen molar-refractivity contribution in [3.63, 3.8) is 0 Å². The maximum atomic E-state index is 12.0. The Labute approximate surface area is 149 Å². The molecule has 1 aliphatic heterocycles. The Morgan fingerprint density at radius 1 is 1.20 bits per heavy atom. The van der Waals surface area contributed by atoms with E-state index in [9.17, 15) is 9.59 Å². The molecular weight excluding hydrogens is 316 g/mol. The van der Waals surface area contributed by atoms with E-state index in [4.69, 9.17) is 4.74 Å². The van der Waals surface area contributed by atoms with Crippen molar-refractivity contribution in [2.75, 3.05) is 19.7 Å². The van der Waals surface area contributed by atoms with Gasteiger partial charge in [0.1, 0.15) is 5.75 Å². The molecule has 0 radical (unpaired) electrons. The van der Waals surface area contributed by atoms with Crippen LogP contribution in [0.15, 0.2) is 24.3 Å². The number of benzene rings is 1. The molecule has 2 fully saturated rings. The van der Waals surface area contributed by atoms with Crippen molar-refractivity contribution in [1.82, 2.24) is 10.2 Å². The second kappa shape index (κ2) is 8.37. The fourth-order valence-corrected chi connectivity index (χ4v) is 3.21. The Balaban J connectivity index is 1.46. The van der Waals surface area contributed by atoms with Crippen molar-refractivity contribution in [1.29, 1.82) is 0 Å². The monoisotopic (exact) mass is 344 g/mol. The summed E-state index contributed by atoms with van der Waals surface area (Å²) in [6.07, 6.45) is 5.86. The van der Waals surface area contributed by atoms with Crippen molar-refractivity contribution >= 4 is 11.8 Å². The molecule has 5 heteroatoms. The molecule has 5 nitrogen and oxygen atoms in total. The van der Waals surface area contributed by atoms with Crippen LogP contribution in [0.3, 0.4) is 0 Å². The molecule has 1 aromatic rings. The summed E-state index contributed by atoms with van der Waals surface area (Å²) in [4.78, 5) is 26.0. The molecule has 1 saturated heterocycles. The van der Waals surface area contributed by atoms with Crippen LogP contribution in [0.25, 0.3) is 0 Å². The summed E-state index contributed by atoms with van der Waals surface area (Å²) >= 11 is 0. The average Bonchev–Trinajstić information content (AvgIpc) is 3.45. The molecule has 1 N–H and O–H groups in total. The summed E-state index contributed by atoms with van der Waals surface area (Å²) in [6.45, 7) is 4.32. The highest BCUT2D eigenvalue weighted by Crippen LogP contribution is 2.21. The van der Waals surface area contributed by atoms with Crippen LogP contribution in [-0.2, 0) is 4.79 Å². The standard InChI is InChI=1S/C20H28N2O3/c1-2-4-19(23)22-12-3-5-15(13-22)14-25-18-10-6-16(7-11-18)20(24)21-17-8-9-17/h6-7,10-11,15,17H,2-5,8-9,12-14H2,1H3,(H,21,24)/t15-/m1/s1. The fourth-order valence-electron chi connectivity index (χ4n) is 3.21. The van der Waals surface area contributed by atoms with E-state index in [1.165, 1.54) is 0 Å². The molecule has 25 heavy (non-hydrogen) atoms. The number of ether oxygens (including phenoxy) is 1. The lowest BCUT2D eigenvalue weighted by molar-refractivity contribution is -0.133. The van der Waals surface area contributed by atoms with E-state index in [1.54, 1.807) is 0 Å². The minimum absolute atomic E-state index is 0.00795. The van der Waals surface area contributed by atoms with Gasteiger partial charge in [0.25, 0.3) is 5.91 Å². The van der Waals surface area contributed by atoms with Gasteiger partial charge < -0.3 is 15.0 Å². The molecular formula is C20H28N2O3. The molecule has 0 aromatic heterocycles. The van der Waals surface area contributed by atoms with Crippen LogP contribution in [0, 0.1) is 5.92 Å². The van der Waals surface area contributed by atoms with Crippen LogP contribution in [0.2, 0.25) is 0 Å². The summed E-state index contributed by atoms with van der Waals surface area (Å²) in [5, 5.41) is 2.98. The highest BCUT2D eigenvalue weighted by Gasteiger charge is 2.24. The number of hydrogen-bond donors (Lipinski definition) is 1. The van der Waals surface area contributed by atoms with E-state index >= 15 is 0 Å². The van der Waals surface area contributed by atoms with Crippen LogP contribution in [-0.4, -0.2) is 42.5 Å². The van der Waals surface area contributed by atoms with E-state index in [0.29, 0.717) is 30.6 Å². The third-order valence-electron chi connectivity index (χ3n) is 4.85.